The van der Waals surface area contributed by atoms with Gasteiger partial charge in [0, 0.05) is 12.8 Å². The van der Waals surface area contributed by atoms with E-state index in [1.807, 2.05) is 13.8 Å². The second kappa shape index (κ2) is 13.8. The number of methoxy groups -OCH3 is 1. The molecule has 39 heavy (non-hydrogen) atoms. The van der Waals surface area contributed by atoms with Gasteiger partial charge < -0.3 is 29.4 Å². The summed E-state index contributed by atoms with van der Waals surface area (Å²) in [5.74, 6) is -1.35. The van der Waals surface area contributed by atoms with Gasteiger partial charge in [-0.25, -0.2) is 4.79 Å². The third-order valence-corrected chi connectivity index (χ3v) is 5.61. The van der Waals surface area contributed by atoms with E-state index in [1.165, 1.54) is 19.2 Å². The van der Waals surface area contributed by atoms with Gasteiger partial charge in [0.25, 0.3) is 0 Å². The lowest BCUT2D eigenvalue weighted by Gasteiger charge is -2.29. The maximum Gasteiger partial charge on any atom is 0.508 e. The van der Waals surface area contributed by atoms with Gasteiger partial charge in [-0.1, -0.05) is 19.9 Å². The molecule has 1 rings (SSSR count). The highest BCUT2D eigenvalue weighted by Gasteiger charge is 2.39. The van der Waals surface area contributed by atoms with Gasteiger partial charge in [-0.3, -0.25) is 14.4 Å². The van der Waals surface area contributed by atoms with Gasteiger partial charge in [0.05, 0.1) is 24.5 Å². The third-order valence-electron chi connectivity index (χ3n) is 5.61. The van der Waals surface area contributed by atoms with E-state index < -0.39 is 46.5 Å². The number of nitrogens with two attached hydrogens (primary N) is 1. The smallest absolute Gasteiger partial charge is 0.468 e. The minimum Gasteiger partial charge on any atom is -0.468 e. The molecule has 220 valence electrons. The molecular weight excluding hydrogens is 506 g/mol. The highest BCUT2D eigenvalue weighted by Crippen LogP contribution is 2.34. The summed E-state index contributed by atoms with van der Waals surface area (Å²) < 4.78 is 26.4. The number of rotatable bonds is 11. The van der Waals surface area contributed by atoms with Crippen LogP contribution in [0.5, 0.6) is 11.5 Å². The van der Waals surface area contributed by atoms with Crippen molar-refractivity contribution in [1.82, 2.24) is 0 Å². The Kier molecular flexibility index (Phi) is 12.0. The molecule has 0 bridgehead atoms. The van der Waals surface area contributed by atoms with E-state index in [-0.39, 0.29) is 30.9 Å². The van der Waals surface area contributed by atoms with Crippen molar-refractivity contribution in [3.05, 3.63) is 23.8 Å². The molecule has 0 radical (unpaired) electrons. The zero-order chi connectivity index (χ0) is 30.2. The van der Waals surface area contributed by atoms with Crippen LogP contribution in [0.2, 0.25) is 0 Å². The SMILES string of the molecule is COC(=O)C(N)(Cc1ccc(OC(=O)C(C)(C)C)c(OC(=O)C(C)(C)C)c1)C[C@H](C)OC(=O)OCCC(C)C. The number of carbonyl (C=O) groups is 4. The maximum absolute atomic E-state index is 12.7. The van der Waals surface area contributed by atoms with Crippen molar-refractivity contribution in [3.8, 4) is 11.5 Å². The lowest BCUT2D eigenvalue weighted by molar-refractivity contribution is -0.148. The molecule has 0 heterocycles. The average Bonchev–Trinajstić information content (AvgIpc) is 2.78. The first-order valence-corrected chi connectivity index (χ1v) is 13.1. The second-order valence-corrected chi connectivity index (χ2v) is 12.3. The normalized spacial score (nSPS) is 14.2. The summed E-state index contributed by atoms with van der Waals surface area (Å²) in [6, 6.07) is 4.58. The summed E-state index contributed by atoms with van der Waals surface area (Å²) in [7, 11) is 1.21. The first-order chi connectivity index (χ1) is 17.8. The quantitative estimate of drug-likeness (QED) is 0.296. The van der Waals surface area contributed by atoms with Crippen LogP contribution in [-0.4, -0.2) is 49.4 Å². The van der Waals surface area contributed by atoms with Gasteiger partial charge in [0.15, 0.2) is 11.5 Å². The Hall–Kier alpha value is -3.14. The summed E-state index contributed by atoms with van der Waals surface area (Å²) >= 11 is 0. The lowest BCUT2D eigenvalue weighted by Crippen LogP contribution is -2.53. The molecule has 0 aliphatic heterocycles. The Balaban J connectivity index is 3.23. The van der Waals surface area contributed by atoms with Gasteiger partial charge >= 0.3 is 24.1 Å². The summed E-state index contributed by atoms with van der Waals surface area (Å²) in [6.07, 6.45) is -1.06. The van der Waals surface area contributed by atoms with Crippen molar-refractivity contribution in [2.75, 3.05) is 13.7 Å². The molecule has 0 aromatic heterocycles. The Morgan fingerprint density at radius 3 is 1.87 bits per heavy atom. The highest BCUT2D eigenvalue weighted by atomic mass is 16.7. The van der Waals surface area contributed by atoms with Crippen molar-refractivity contribution < 1.29 is 42.9 Å². The van der Waals surface area contributed by atoms with Crippen LogP contribution < -0.4 is 15.2 Å². The molecule has 1 unspecified atom stereocenters. The molecular formula is C29H45NO9. The predicted molar refractivity (Wildman–Crippen MR) is 145 cm³/mol. The fourth-order valence-electron chi connectivity index (χ4n) is 3.26. The summed E-state index contributed by atoms with van der Waals surface area (Å²) in [5.41, 5.74) is 3.77. The van der Waals surface area contributed by atoms with Crippen LogP contribution in [0, 0.1) is 16.7 Å². The van der Waals surface area contributed by atoms with Crippen LogP contribution in [0.3, 0.4) is 0 Å². The Morgan fingerprint density at radius 1 is 0.846 bits per heavy atom. The topological polar surface area (TPSA) is 140 Å². The Bertz CT molecular complexity index is 1020. The molecule has 1 aromatic carbocycles. The van der Waals surface area contributed by atoms with Crippen LogP contribution in [-0.2, 0) is 35.0 Å². The molecule has 10 nitrogen and oxygen atoms in total. The zero-order valence-corrected chi connectivity index (χ0v) is 25.0. The fourth-order valence-corrected chi connectivity index (χ4v) is 3.26. The maximum atomic E-state index is 12.7. The minimum atomic E-state index is -1.60. The van der Waals surface area contributed by atoms with Crippen molar-refractivity contribution >= 4 is 24.1 Å². The van der Waals surface area contributed by atoms with E-state index in [9.17, 15) is 19.2 Å². The van der Waals surface area contributed by atoms with Crippen LogP contribution in [0.25, 0.3) is 0 Å². The summed E-state index contributed by atoms with van der Waals surface area (Å²) in [5, 5.41) is 0. The molecule has 0 saturated carbocycles. The number of carbonyl (C=O) groups excluding carboxylic acids is 4. The summed E-state index contributed by atoms with van der Waals surface area (Å²) in [6.45, 7) is 16.0. The molecule has 2 atom stereocenters. The predicted octanol–water partition coefficient (Wildman–Crippen LogP) is 4.98. The number of hydrogen-bond donors (Lipinski definition) is 1. The molecule has 0 fully saturated rings. The van der Waals surface area contributed by atoms with E-state index in [2.05, 4.69) is 0 Å². The van der Waals surface area contributed by atoms with Gasteiger partial charge in [-0.2, -0.15) is 0 Å². The van der Waals surface area contributed by atoms with Crippen molar-refractivity contribution in [2.45, 2.75) is 93.2 Å². The average molecular weight is 552 g/mol. The molecule has 10 heteroatoms. The Morgan fingerprint density at radius 2 is 1.38 bits per heavy atom. The lowest BCUT2D eigenvalue weighted by atomic mass is 9.86. The van der Waals surface area contributed by atoms with Crippen LogP contribution in [0.15, 0.2) is 18.2 Å². The van der Waals surface area contributed by atoms with Gasteiger partial charge in [0.1, 0.15) is 11.6 Å². The van der Waals surface area contributed by atoms with Gasteiger partial charge in [0.2, 0.25) is 0 Å². The summed E-state index contributed by atoms with van der Waals surface area (Å²) in [4.78, 5) is 50.0. The first-order valence-electron chi connectivity index (χ1n) is 13.1. The van der Waals surface area contributed by atoms with Gasteiger partial charge in [-0.05, 0) is 78.5 Å². The molecule has 0 spiro atoms. The third kappa shape index (κ3) is 11.2. The van der Waals surface area contributed by atoms with Crippen LogP contribution >= 0.6 is 0 Å². The van der Waals surface area contributed by atoms with Gasteiger partial charge in [-0.15, -0.1) is 0 Å². The molecule has 2 N–H and O–H groups in total. The van der Waals surface area contributed by atoms with Crippen molar-refractivity contribution in [2.24, 2.45) is 22.5 Å². The van der Waals surface area contributed by atoms with Crippen molar-refractivity contribution in [1.29, 1.82) is 0 Å². The number of ether oxygens (including phenoxy) is 5. The minimum absolute atomic E-state index is 0.00951. The number of esters is 3. The van der Waals surface area contributed by atoms with E-state index in [1.54, 1.807) is 54.5 Å². The van der Waals surface area contributed by atoms with E-state index in [4.69, 9.17) is 29.4 Å². The number of hydrogen-bond acceptors (Lipinski definition) is 10. The monoisotopic (exact) mass is 551 g/mol. The van der Waals surface area contributed by atoms with Crippen molar-refractivity contribution in [3.63, 3.8) is 0 Å². The zero-order valence-electron chi connectivity index (χ0n) is 25.0. The van der Waals surface area contributed by atoms with E-state index >= 15 is 0 Å². The van der Waals surface area contributed by atoms with E-state index in [0.29, 0.717) is 17.9 Å². The largest absolute Gasteiger partial charge is 0.508 e. The molecule has 1 aromatic rings. The standard InChI is InChI=1S/C29H45NO9/c1-18(2)13-14-36-26(34)37-19(3)16-29(30,25(33)35-10)17-20-11-12-21(38-23(31)27(4,5)6)22(15-20)39-24(32)28(7,8)9/h11-12,15,18-19H,13-14,16-17,30H2,1-10H3/t19-,29?/m0/s1. The molecule has 0 aliphatic rings. The second-order valence-electron chi connectivity index (χ2n) is 12.3. The molecule has 0 saturated heterocycles. The Labute approximate surface area is 231 Å². The first kappa shape index (κ1) is 33.9. The fraction of sp³-hybridized carbons (Fsp3) is 0.655. The highest BCUT2D eigenvalue weighted by molar-refractivity contribution is 5.82. The van der Waals surface area contributed by atoms with E-state index in [0.717, 1.165) is 0 Å². The van der Waals surface area contributed by atoms with Crippen LogP contribution in [0.4, 0.5) is 4.79 Å². The number of benzene rings is 1. The molecule has 0 amide bonds. The van der Waals surface area contributed by atoms with Crippen LogP contribution in [0.1, 0.15) is 80.7 Å². The molecule has 0 aliphatic carbocycles.